The van der Waals surface area contributed by atoms with Crippen LogP contribution in [0.2, 0.25) is 0 Å². The van der Waals surface area contributed by atoms with Crippen molar-refractivity contribution in [3.63, 3.8) is 0 Å². The lowest BCUT2D eigenvalue weighted by Gasteiger charge is -2.02. The van der Waals surface area contributed by atoms with Crippen molar-refractivity contribution in [3.05, 3.63) is 71.3 Å². The maximum absolute atomic E-state index is 12.0. The van der Waals surface area contributed by atoms with E-state index in [-0.39, 0.29) is 5.91 Å². The van der Waals surface area contributed by atoms with Crippen LogP contribution in [0.5, 0.6) is 0 Å². The lowest BCUT2D eigenvalue weighted by molar-refractivity contribution is -0.113. The number of benzene rings is 2. The van der Waals surface area contributed by atoms with E-state index in [1.807, 2.05) is 18.2 Å². The molecule has 1 N–H and O–H groups in total. The lowest BCUT2D eigenvalue weighted by atomic mass is 10.2. The summed E-state index contributed by atoms with van der Waals surface area (Å²) in [6, 6.07) is 18.6. The molecule has 0 bridgehead atoms. The second kappa shape index (κ2) is 9.75. The van der Waals surface area contributed by atoms with Crippen LogP contribution < -0.4 is 5.32 Å². The van der Waals surface area contributed by atoms with E-state index in [0.29, 0.717) is 10.9 Å². The van der Waals surface area contributed by atoms with Gasteiger partial charge in [-0.1, -0.05) is 83.3 Å². The predicted octanol–water partition coefficient (Wildman–Crippen LogP) is 5.01. The SMILES string of the molecule is Cc1ccc(CSCC(=O)Nc2nnc(SCc3ccccc3)s2)cc1. The van der Waals surface area contributed by atoms with Gasteiger partial charge in [0, 0.05) is 11.5 Å². The minimum Gasteiger partial charge on any atom is -0.300 e. The minimum absolute atomic E-state index is 0.0436. The van der Waals surface area contributed by atoms with E-state index in [2.05, 4.69) is 58.8 Å². The lowest BCUT2D eigenvalue weighted by Crippen LogP contribution is -2.13. The molecule has 1 heterocycles. The Labute approximate surface area is 165 Å². The highest BCUT2D eigenvalue weighted by Crippen LogP contribution is 2.28. The van der Waals surface area contributed by atoms with Crippen molar-refractivity contribution in [2.45, 2.75) is 22.8 Å². The molecule has 0 atom stereocenters. The molecule has 134 valence electrons. The van der Waals surface area contributed by atoms with E-state index in [1.165, 1.54) is 28.0 Å². The first-order valence-corrected chi connectivity index (χ1v) is 11.1. The molecule has 0 radical (unpaired) electrons. The molecule has 0 aliphatic heterocycles. The summed E-state index contributed by atoms with van der Waals surface area (Å²) in [6.45, 7) is 2.07. The number of carbonyl (C=O) groups is 1. The number of nitrogens with one attached hydrogen (secondary N) is 1. The Morgan fingerprint density at radius 2 is 1.73 bits per heavy atom. The van der Waals surface area contributed by atoms with Gasteiger partial charge < -0.3 is 0 Å². The average Bonchev–Trinajstić information content (AvgIpc) is 3.10. The zero-order valence-corrected chi connectivity index (χ0v) is 16.8. The Hall–Kier alpha value is -1.83. The van der Waals surface area contributed by atoms with E-state index in [9.17, 15) is 4.79 Å². The number of carbonyl (C=O) groups excluding carboxylic acids is 1. The highest BCUT2D eigenvalue weighted by molar-refractivity contribution is 8.00. The van der Waals surface area contributed by atoms with Crippen LogP contribution in [-0.4, -0.2) is 21.9 Å². The van der Waals surface area contributed by atoms with Crippen LogP contribution in [0.3, 0.4) is 0 Å². The summed E-state index contributed by atoms with van der Waals surface area (Å²) >= 11 is 4.63. The summed E-state index contributed by atoms with van der Waals surface area (Å²) in [7, 11) is 0. The number of aromatic nitrogens is 2. The number of nitrogens with zero attached hydrogens (tertiary/aromatic N) is 2. The summed E-state index contributed by atoms with van der Waals surface area (Å²) in [5, 5.41) is 11.6. The number of aryl methyl sites for hydroxylation is 1. The molecule has 0 aliphatic carbocycles. The Morgan fingerprint density at radius 3 is 2.50 bits per heavy atom. The van der Waals surface area contributed by atoms with Crippen molar-refractivity contribution >= 4 is 45.9 Å². The third-order valence-corrected chi connectivity index (χ3v) is 6.53. The van der Waals surface area contributed by atoms with Gasteiger partial charge in [0.1, 0.15) is 0 Å². The van der Waals surface area contributed by atoms with Crippen LogP contribution in [0.1, 0.15) is 16.7 Å². The Balaban J connectivity index is 1.40. The van der Waals surface area contributed by atoms with Crippen LogP contribution in [-0.2, 0) is 16.3 Å². The quantitative estimate of drug-likeness (QED) is 0.425. The number of anilines is 1. The van der Waals surface area contributed by atoms with Crippen molar-refractivity contribution in [1.29, 1.82) is 0 Å². The van der Waals surface area contributed by atoms with E-state index in [1.54, 1.807) is 23.5 Å². The third kappa shape index (κ3) is 6.16. The Bertz CT molecular complexity index is 835. The molecule has 0 saturated carbocycles. The van der Waals surface area contributed by atoms with Gasteiger partial charge in [0.15, 0.2) is 4.34 Å². The maximum atomic E-state index is 12.0. The largest absolute Gasteiger partial charge is 0.300 e. The summed E-state index contributed by atoms with van der Waals surface area (Å²) in [5.74, 6) is 2.02. The maximum Gasteiger partial charge on any atom is 0.236 e. The predicted molar refractivity (Wildman–Crippen MR) is 112 cm³/mol. The number of rotatable bonds is 8. The summed E-state index contributed by atoms with van der Waals surface area (Å²) in [4.78, 5) is 12.0. The van der Waals surface area contributed by atoms with Gasteiger partial charge in [0.25, 0.3) is 0 Å². The van der Waals surface area contributed by atoms with Crippen molar-refractivity contribution in [2.24, 2.45) is 0 Å². The van der Waals surface area contributed by atoms with Gasteiger partial charge in [-0.15, -0.1) is 22.0 Å². The average molecular weight is 402 g/mol. The van der Waals surface area contributed by atoms with Gasteiger partial charge in [0.2, 0.25) is 11.0 Å². The minimum atomic E-state index is -0.0436. The van der Waals surface area contributed by atoms with Crippen molar-refractivity contribution in [3.8, 4) is 0 Å². The zero-order chi connectivity index (χ0) is 18.2. The Morgan fingerprint density at radius 1 is 1.00 bits per heavy atom. The van der Waals surface area contributed by atoms with Crippen LogP contribution in [0.15, 0.2) is 58.9 Å². The van der Waals surface area contributed by atoms with Gasteiger partial charge >= 0.3 is 0 Å². The van der Waals surface area contributed by atoms with Crippen LogP contribution in [0.4, 0.5) is 5.13 Å². The van der Waals surface area contributed by atoms with Gasteiger partial charge in [-0.3, -0.25) is 10.1 Å². The molecule has 3 aromatic rings. The summed E-state index contributed by atoms with van der Waals surface area (Å²) in [6.07, 6.45) is 0. The number of hydrogen-bond acceptors (Lipinski definition) is 6. The second-order valence-corrected chi connectivity index (χ2v) is 8.86. The molecule has 7 heteroatoms. The van der Waals surface area contributed by atoms with Crippen molar-refractivity contribution < 1.29 is 4.79 Å². The topological polar surface area (TPSA) is 54.9 Å². The van der Waals surface area contributed by atoms with Crippen LogP contribution in [0, 0.1) is 6.92 Å². The molecule has 0 unspecified atom stereocenters. The van der Waals surface area contributed by atoms with Gasteiger partial charge in [0.05, 0.1) is 5.75 Å². The number of thioether (sulfide) groups is 2. The monoisotopic (exact) mass is 401 g/mol. The fourth-order valence-corrected chi connectivity index (χ4v) is 4.65. The molecular formula is C19H19N3OS3. The van der Waals surface area contributed by atoms with Crippen LogP contribution in [0.25, 0.3) is 0 Å². The zero-order valence-electron chi connectivity index (χ0n) is 14.3. The van der Waals surface area contributed by atoms with E-state index in [4.69, 9.17) is 0 Å². The fourth-order valence-electron chi connectivity index (χ4n) is 2.14. The standard InChI is InChI=1S/C19H19N3OS3/c1-14-7-9-16(10-8-14)11-24-13-17(23)20-18-21-22-19(26-18)25-12-15-5-3-2-4-6-15/h2-10H,11-13H2,1H3,(H,20,21,23). The van der Waals surface area contributed by atoms with Crippen molar-refractivity contribution in [1.82, 2.24) is 10.2 Å². The van der Waals surface area contributed by atoms with Gasteiger partial charge in [-0.25, -0.2) is 0 Å². The number of hydrogen-bond donors (Lipinski definition) is 1. The molecule has 0 aliphatic rings. The Kier molecular flexibility index (Phi) is 7.11. The van der Waals surface area contributed by atoms with Gasteiger partial charge in [-0.2, -0.15) is 0 Å². The molecule has 0 fully saturated rings. The summed E-state index contributed by atoms with van der Waals surface area (Å²) in [5.41, 5.74) is 3.71. The molecular weight excluding hydrogens is 382 g/mol. The third-order valence-electron chi connectivity index (χ3n) is 3.48. The second-order valence-electron chi connectivity index (χ2n) is 5.67. The molecule has 1 aromatic heterocycles. The molecule has 2 aromatic carbocycles. The van der Waals surface area contributed by atoms with E-state index >= 15 is 0 Å². The van der Waals surface area contributed by atoms with E-state index < -0.39 is 0 Å². The number of amides is 1. The van der Waals surface area contributed by atoms with Crippen LogP contribution >= 0.6 is 34.9 Å². The summed E-state index contributed by atoms with van der Waals surface area (Å²) < 4.78 is 0.858. The molecule has 26 heavy (non-hydrogen) atoms. The first-order valence-electron chi connectivity index (χ1n) is 8.12. The fraction of sp³-hybridized carbons (Fsp3) is 0.211. The molecule has 0 spiro atoms. The van der Waals surface area contributed by atoms with E-state index in [0.717, 1.165) is 15.8 Å². The first kappa shape index (κ1) is 18.9. The highest BCUT2D eigenvalue weighted by atomic mass is 32.2. The normalized spacial score (nSPS) is 10.7. The van der Waals surface area contributed by atoms with Gasteiger partial charge in [-0.05, 0) is 18.1 Å². The molecule has 1 amide bonds. The molecule has 4 nitrogen and oxygen atoms in total. The smallest absolute Gasteiger partial charge is 0.236 e. The highest BCUT2D eigenvalue weighted by Gasteiger charge is 2.09. The van der Waals surface area contributed by atoms with Crippen molar-refractivity contribution in [2.75, 3.05) is 11.1 Å². The molecule has 3 rings (SSSR count). The first-order chi connectivity index (χ1) is 12.7. The molecule has 0 saturated heterocycles.